The Hall–Kier alpha value is -3.54. The summed E-state index contributed by atoms with van der Waals surface area (Å²) in [5.74, 6) is 7.14. The number of rotatable bonds is 5. The van der Waals surface area contributed by atoms with Crippen LogP contribution in [-0.4, -0.2) is 11.2 Å². The van der Waals surface area contributed by atoms with Crippen molar-refractivity contribution in [3.8, 4) is 17.6 Å². The molecule has 132 valence electrons. The second-order valence-electron chi connectivity index (χ2n) is 5.82. The Kier molecular flexibility index (Phi) is 6.64. The van der Waals surface area contributed by atoms with Crippen molar-refractivity contribution in [3.63, 3.8) is 0 Å². The molecule has 0 saturated carbocycles. The lowest BCUT2D eigenvalue weighted by Gasteiger charge is -2.06. The van der Waals surface area contributed by atoms with Crippen molar-refractivity contribution in [2.24, 2.45) is 0 Å². The van der Waals surface area contributed by atoms with E-state index in [9.17, 15) is 5.11 Å². The van der Waals surface area contributed by atoms with Gasteiger partial charge in [-0.2, -0.15) is 0 Å². The predicted octanol–water partition coefficient (Wildman–Crippen LogP) is 5.08. The molecule has 0 aliphatic rings. The molecule has 1 atom stereocenters. The van der Waals surface area contributed by atoms with Gasteiger partial charge in [-0.05, 0) is 41.8 Å². The van der Waals surface area contributed by atoms with Crippen LogP contribution >= 0.6 is 0 Å². The van der Waals surface area contributed by atoms with Gasteiger partial charge in [-0.25, -0.2) is 0 Å². The average Bonchev–Trinajstić information content (AvgIpc) is 2.73. The summed E-state index contributed by atoms with van der Waals surface area (Å²) in [6.07, 6.45) is 4.36. The van der Waals surface area contributed by atoms with Crippen molar-refractivity contribution in [2.45, 2.75) is 6.10 Å². The Balaban J connectivity index is 1.80. The lowest BCUT2D eigenvalue weighted by molar-refractivity contribution is 0.267. The minimum atomic E-state index is -0.811. The Morgan fingerprint density at radius 3 is 2.07 bits per heavy atom. The highest BCUT2D eigenvalue weighted by Crippen LogP contribution is 2.14. The van der Waals surface area contributed by atoms with E-state index in [0.29, 0.717) is 11.5 Å². The van der Waals surface area contributed by atoms with E-state index in [4.69, 9.17) is 4.74 Å². The molecule has 27 heavy (non-hydrogen) atoms. The highest BCUT2D eigenvalue weighted by Gasteiger charge is 2.02. The van der Waals surface area contributed by atoms with E-state index in [2.05, 4.69) is 11.8 Å². The molecule has 1 unspecified atom stereocenters. The molecular weight excluding hydrogens is 332 g/mol. The van der Waals surface area contributed by atoms with E-state index in [-0.39, 0.29) is 0 Å². The van der Waals surface area contributed by atoms with E-state index < -0.39 is 6.10 Å². The zero-order valence-corrected chi connectivity index (χ0v) is 14.8. The van der Waals surface area contributed by atoms with E-state index in [0.717, 1.165) is 11.1 Å². The largest absolute Gasteiger partial charge is 0.449 e. The van der Waals surface area contributed by atoms with Gasteiger partial charge in [0.25, 0.3) is 0 Å². The number of hydrogen-bond acceptors (Lipinski definition) is 2. The van der Waals surface area contributed by atoms with Crippen LogP contribution < -0.4 is 4.74 Å². The van der Waals surface area contributed by atoms with Crippen LogP contribution in [0.15, 0.2) is 109 Å². The second-order valence-corrected chi connectivity index (χ2v) is 5.82. The van der Waals surface area contributed by atoms with Gasteiger partial charge in [-0.15, -0.1) is 0 Å². The first-order valence-corrected chi connectivity index (χ1v) is 8.73. The summed E-state index contributed by atoms with van der Waals surface area (Å²) in [6, 6.07) is 28.9. The molecule has 0 fully saturated rings. The fourth-order valence-electron chi connectivity index (χ4n) is 2.36. The van der Waals surface area contributed by atoms with Crippen molar-refractivity contribution < 1.29 is 9.84 Å². The maximum atomic E-state index is 10.3. The topological polar surface area (TPSA) is 29.5 Å². The first-order valence-electron chi connectivity index (χ1n) is 8.73. The summed E-state index contributed by atoms with van der Waals surface area (Å²) < 4.78 is 5.85. The van der Waals surface area contributed by atoms with Crippen LogP contribution in [0.4, 0.5) is 0 Å². The van der Waals surface area contributed by atoms with Crippen LogP contribution in [0.1, 0.15) is 11.1 Å². The van der Waals surface area contributed by atoms with Gasteiger partial charge in [0.2, 0.25) is 0 Å². The molecule has 0 aromatic heterocycles. The van der Waals surface area contributed by atoms with E-state index >= 15 is 0 Å². The molecule has 1 N–H and O–H groups in total. The summed E-state index contributed by atoms with van der Waals surface area (Å²) in [4.78, 5) is 0. The third-order valence-corrected chi connectivity index (χ3v) is 3.68. The summed E-state index contributed by atoms with van der Waals surface area (Å²) >= 11 is 0. The molecule has 3 aromatic rings. The zero-order valence-electron chi connectivity index (χ0n) is 14.8. The lowest BCUT2D eigenvalue weighted by atomic mass is 10.2. The van der Waals surface area contributed by atoms with Crippen molar-refractivity contribution in [2.75, 3.05) is 0 Å². The zero-order chi connectivity index (χ0) is 18.7. The average molecular weight is 352 g/mol. The normalized spacial score (nSPS) is 12.3. The molecule has 3 aromatic carbocycles. The van der Waals surface area contributed by atoms with Gasteiger partial charge in [-0.1, -0.05) is 84.8 Å². The number of para-hydroxylation sites is 1. The molecule has 0 bridgehead atoms. The van der Waals surface area contributed by atoms with Gasteiger partial charge >= 0.3 is 0 Å². The smallest absolute Gasteiger partial charge is 0.176 e. The van der Waals surface area contributed by atoms with Crippen LogP contribution in [0.5, 0.6) is 5.75 Å². The molecule has 0 aliphatic carbocycles. The summed E-state index contributed by atoms with van der Waals surface area (Å²) in [7, 11) is 0. The predicted molar refractivity (Wildman–Crippen MR) is 110 cm³/mol. The van der Waals surface area contributed by atoms with Gasteiger partial charge in [0, 0.05) is 5.56 Å². The monoisotopic (exact) mass is 352 g/mol. The molecule has 3 rings (SSSR count). The fraction of sp³-hybridized carbons (Fsp3) is 0.0400. The van der Waals surface area contributed by atoms with Gasteiger partial charge in [0.15, 0.2) is 5.76 Å². The first-order chi connectivity index (χ1) is 13.3. The fourth-order valence-corrected chi connectivity index (χ4v) is 2.36. The maximum absolute atomic E-state index is 10.3. The van der Waals surface area contributed by atoms with Crippen molar-refractivity contribution in [3.05, 3.63) is 120 Å². The molecule has 0 saturated heterocycles. The standard InChI is InChI=1S/C25H20O2/c26-23(18-16-21-10-4-1-5-11-21)20-25(27-24-14-8-3-9-15-24)19-17-22-12-6-2-7-13-22/h1-16,18,20,23,26H/b18-16+,25-20-. The molecule has 0 radical (unpaired) electrons. The second kappa shape index (κ2) is 9.82. The Morgan fingerprint density at radius 2 is 1.41 bits per heavy atom. The Morgan fingerprint density at radius 1 is 0.815 bits per heavy atom. The number of benzene rings is 3. The van der Waals surface area contributed by atoms with Crippen molar-refractivity contribution in [1.29, 1.82) is 0 Å². The van der Waals surface area contributed by atoms with Crippen LogP contribution in [0, 0.1) is 11.8 Å². The van der Waals surface area contributed by atoms with Crippen LogP contribution in [0.3, 0.4) is 0 Å². The van der Waals surface area contributed by atoms with Crippen molar-refractivity contribution in [1.82, 2.24) is 0 Å². The number of ether oxygens (including phenoxy) is 1. The van der Waals surface area contributed by atoms with Gasteiger partial charge < -0.3 is 9.84 Å². The number of allylic oxidation sites excluding steroid dienone is 1. The van der Waals surface area contributed by atoms with Crippen LogP contribution in [0.25, 0.3) is 6.08 Å². The number of aliphatic hydroxyl groups excluding tert-OH is 1. The molecule has 2 heteroatoms. The molecule has 0 aliphatic heterocycles. The highest BCUT2D eigenvalue weighted by atomic mass is 16.5. The summed E-state index contributed by atoms with van der Waals surface area (Å²) in [5, 5.41) is 10.3. The first kappa shape index (κ1) is 18.3. The Bertz CT molecular complexity index is 947. The lowest BCUT2D eigenvalue weighted by Crippen LogP contribution is -2.02. The minimum Gasteiger partial charge on any atom is -0.449 e. The molecule has 0 amide bonds. The SMILES string of the molecule is OC(/C=C(/C#Cc1ccccc1)Oc1ccccc1)/C=C/c1ccccc1. The highest BCUT2D eigenvalue weighted by molar-refractivity contribution is 5.50. The third-order valence-electron chi connectivity index (χ3n) is 3.68. The van der Waals surface area contributed by atoms with Gasteiger partial charge in [0.1, 0.15) is 5.75 Å². The van der Waals surface area contributed by atoms with Crippen molar-refractivity contribution >= 4 is 6.08 Å². The quantitative estimate of drug-likeness (QED) is 0.513. The molecular formula is C25H20O2. The minimum absolute atomic E-state index is 0.398. The van der Waals surface area contributed by atoms with E-state index in [1.807, 2.05) is 97.1 Å². The number of hydrogen-bond donors (Lipinski definition) is 1. The van der Waals surface area contributed by atoms with Gasteiger partial charge in [0.05, 0.1) is 6.10 Å². The Labute approximate surface area is 160 Å². The molecule has 2 nitrogen and oxygen atoms in total. The van der Waals surface area contributed by atoms with E-state index in [1.165, 1.54) is 0 Å². The number of aliphatic hydroxyl groups is 1. The van der Waals surface area contributed by atoms with Gasteiger partial charge in [-0.3, -0.25) is 0 Å². The maximum Gasteiger partial charge on any atom is 0.176 e. The van der Waals surface area contributed by atoms with E-state index in [1.54, 1.807) is 12.2 Å². The van der Waals surface area contributed by atoms with Crippen LogP contribution in [-0.2, 0) is 0 Å². The molecule has 0 heterocycles. The molecule has 0 spiro atoms. The summed E-state index contributed by atoms with van der Waals surface area (Å²) in [5.41, 5.74) is 1.90. The van der Waals surface area contributed by atoms with Crippen LogP contribution in [0.2, 0.25) is 0 Å². The summed E-state index contributed by atoms with van der Waals surface area (Å²) in [6.45, 7) is 0. The third kappa shape index (κ3) is 6.36.